The van der Waals surface area contributed by atoms with Gasteiger partial charge in [-0.25, -0.2) is 9.37 Å². The molecule has 1 atom stereocenters. The molecule has 4 N–H and O–H groups in total. The Balaban J connectivity index is 1.56. The van der Waals surface area contributed by atoms with E-state index in [1.54, 1.807) is 17.8 Å². The molecule has 1 aliphatic carbocycles. The summed E-state index contributed by atoms with van der Waals surface area (Å²) in [6.07, 6.45) is -2.24. The number of fused-ring (bicyclic) bond motifs is 1. The third-order valence-corrected chi connectivity index (χ3v) is 7.53. The predicted molar refractivity (Wildman–Crippen MR) is 155 cm³/mol. The number of nitrogens with one attached hydrogen (secondary N) is 1. The molecule has 238 valence electrons. The van der Waals surface area contributed by atoms with Crippen LogP contribution in [-0.2, 0) is 16.8 Å². The van der Waals surface area contributed by atoms with E-state index < -0.39 is 48.1 Å². The molecule has 0 radical (unpaired) electrons. The highest BCUT2D eigenvalue weighted by molar-refractivity contribution is 6.00. The van der Waals surface area contributed by atoms with Gasteiger partial charge in [0.05, 0.1) is 38.4 Å². The van der Waals surface area contributed by atoms with Gasteiger partial charge in [0, 0.05) is 28.3 Å². The third-order valence-electron chi connectivity index (χ3n) is 7.53. The number of hydrogen-bond acceptors (Lipinski definition) is 7. The van der Waals surface area contributed by atoms with Crippen LogP contribution in [0.25, 0.3) is 22.2 Å². The largest absolute Gasteiger partial charge is 0.494 e. The number of aryl methyl sites for hydroxylation is 1. The Bertz CT molecular complexity index is 1790. The number of aliphatic hydroxyl groups is 1. The highest BCUT2D eigenvalue weighted by Crippen LogP contribution is 2.42. The number of carbonyl (C=O) groups is 2. The van der Waals surface area contributed by atoms with E-state index >= 15 is 0 Å². The molecule has 0 spiro atoms. The number of amides is 2. The van der Waals surface area contributed by atoms with Gasteiger partial charge in [0.2, 0.25) is 11.5 Å². The summed E-state index contributed by atoms with van der Waals surface area (Å²) < 4.78 is 71.0. The van der Waals surface area contributed by atoms with Crippen LogP contribution >= 0.6 is 0 Å². The molecule has 1 aliphatic rings. The first kappa shape index (κ1) is 31.7. The lowest BCUT2D eigenvalue weighted by Gasteiger charge is -2.31. The number of ether oxygens (including phenoxy) is 2. The van der Waals surface area contributed by atoms with Crippen molar-refractivity contribution in [1.29, 1.82) is 0 Å². The average molecular weight is 630 g/mol. The minimum Gasteiger partial charge on any atom is -0.494 e. The van der Waals surface area contributed by atoms with Crippen molar-refractivity contribution >= 4 is 22.7 Å². The van der Waals surface area contributed by atoms with Crippen molar-refractivity contribution in [2.45, 2.75) is 50.9 Å². The van der Waals surface area contributed by atoms with Crippen molar-refractivity contribution in [3.8, 4) is 22.8 Å². The molecule has 5 rings (SSSR count). The first-order chi connectivity index (χ1) is 21.2. The van der Waals surface area contributed by atoms with Crippen LogP contribution < -0.4 is 20.5 Å². The van der Waals surface area contributed by atoms with E-state index in [-0.39, 0.29) is 52.1 Å². The minimum atomic E-state index is -5.35. The van der Waals surface area contributed by atoms with E-state index in [0.717, 1.165) is 25.0 Å². The molecule has 0 saturated heterocycles. The molecule has 2 heterocycles. The number of methoxy groups -OCH3 is 1. The summed E-state index contributed by atoms with van der Waals surface area (Å²) >= 11 is 0. The predicted octanol–water partition coefficient (Wildman–Crippen LogP) is 4.50. The van der Waals surface area contributed by atoms with Gasteiger partial charge < -0.3 is 25.6 Å². The van der Waals surface area contributed by atoms with Crippen LogP contribution in [0.3, 0.4) is 0 Å². The van der Waals surface area contributed by atoms with Gasteiger partial charge >= 0.3 is 6.18 Å². The molecule has 1 fully saturated rings. The van der Waals surface area contributed by atoms with E-state index in [0.29, 0.717) is 10.9 Å². The summed E-state index contributed by atoms with van der Waals surface area (Å²) in [5, 5.41) is 18.5. The molecule has 4 aromatic rings. The highest BCUT2D eigenvalue weighted by Gasteiger charge is 2.56. The zero-order chi connectivity index (χ0) is 32.7. The maximum absolute atomic E-state index is 14.7. The summed E-state index contributed by atoms with van der Waals surface area (Å²) in [4.78, 5) is 29.3. The molecule has 0 bridgehead atoms. The van der Waals surface area contributed by atoms with Gasteiger partial charge in [0.15, 0.2) is 0 Å². The van der Waals surface area contributed by atoms with E-state index in [2.05, 4.69) is 15.4 Å². The van der Waals surface area contributed by atoms with Gasteiger partial charge in [-0.15, -0.1) is 0 Å². The number of nitrogens with two attached hydrogens (primary N) is 1. The number of aromatic nitrogens is 3. The second-order valence-corrected chi connectivity index (χ2v) is 10.9. The molecular weight excluding hydrogens is 598 g/mol. The van der Waals surface area contributed by atoms with Crippen LogP contribution in [0, 0.1) is 12.7 Å². The van der Waals surface area contributed by atoms with Gasteiger partial charge in [-0.3, -0.25) is 14.3 Å². The van der Waals surface area contributed by atoms with E-state index in [1.807, 2.05) is 0 Å². The van der Waals surface area contributed by atoms with E-state index in [9.17, 15) is 32.3 Å². The number of pyridine rings is 1. The van der Waals surface area contributed by atoms with Gasteiger partial charge in [-0.05, 0) is 68.7 Å². The molecule has 2 amide bonds. The van der Waals surface area contributed by atoms with E-state index in [4.69, 9.17) is 15.2 Å². The smallest absolute Gasteiger partial charge is 0.424 e. The number of alkyl halides is 3. The van der Waals surface area contributed by atoms with Gasteiger partial charge in [0.1, 0.15) is 28.5 Å². The van der Waals surface area contributed by atoms with Crippen molar-refractivity contribution in [2.24, 2.45) is 5.73 Å². The fraction of sp³-hybridized carbons (Fsp3) is 0.355. The monoisotopic (exact) mass is 629 g/mol. The fourth-order valence-corrected chi connectivity index (χ4v) is 4.99. The number of primary amides is 1. The molecule has 14 heteroatoms. The lowest BCUT2D eigenvalue weighted by Crippen LogP contribution is -2.51. The lowest BCUT2D eigenvalue weighted by atomic mass is 9.93. The molecule has 2 aromatic carbocycles. The number of rotatable bonds is 11. The summed E-state index contributed by atoms with van der Waals surface area (Å²) in [6, 6.07) is 7.68. The van der Waals surface area contributed by atoms with Crippen LogP contribution in [0.2, 0.25) is 0 Å². The number of benzene rings is 2. The highest BCUT2D eigenvalue weighted by atomic mass is 19.4. The maximum Gasteiger partial charge on any atom is 0.424 e. The normalized spacial score (nSPS) is 14.7. The molecule has 1 saturated carbocycles. The quantitative estimate of drug-likeness (QED) is 0.208. The number of carbonyl (C=O) groups excluding carboxylic acids is 2. The van der Waals surface area contributed by atoms with Crippen LogP contribution in [-0.4, -0.2) is 58.1 Å². The zero-order valence-electron chi connectivity index (χ0n) is 24.7. The number of halogens is 4. The van der Waals surface area contributed by atoms with Crippen LogP contribution in [0.1, 0.15) is 53.0 Å². The zero-order valence-corrected chi connectivity index (χ0v) is 24.7. The van der Waals surface area contributed by atoms with Crippen LogP contribution in [0.5, 0.6) is 11.5 Å². The standard InChI is InChI=1S/C31H31F4N5O5/c1-4-45-28-18(13-25(36)41)12-24(38-27(28)17-5-8-22(32)16(2)9-17)30(43,31(33,34)35)15-37-29(42)19-10-20-14-40(21-6-7-21)39-26(20)23(11-19)44-3/h5,8-12,14,21,43H,4,6-7,13,15H2,1-3H3,(H2,36,41)(H,37,42)/t30-/m0/s1. The molecule has 45 heavy (non-hydrogen) atoms. The molecule has 0 aliphatic heterocycles. The Morgan fingerprint density at radius 3 is 2.51 bits per heavy atom. The Labute approximate surface area is 255 Å². The van der Waals surface area contributed by atoms with Gasteiger partial charge in [0.25, 0.3) is 5.91 Å². The summed E-state index contributed by atoms with van der Waals surface area (Å²) in [5.74, 6) is -2.16. The Morgan fingerprint density at radius 1 is 1.18 bits per heavy atom. The van der Waals surface area contributed by atoms with Crippen molar-refractivity contribution in [3.05, 3.63) is 70.8 Å². The Kier molecular flexibility index (Phi) is 8.45. The third kappa shape index (κ3) is 6.27. The van der Waals surface area contributed by atoms with Crippen LogP contribution in [0.15, 0.2) is 42.6 Å². The fourth-order valence-electron chi connectivity index (χ4n) is 4.99. The summed E-state index contributed by atoms with van der Waals surface area (Å²) in [5.41, 5.74) is 1.31. The number of hydrogen-bond donors (Lipinski definition) is 3. The Morgan fingerprint density at radius 2 is 1.91 bits per heavy atom. The van der Waals surface area contributed by atoms with Crippen molar-refractivity contribution < 1.29 is 41.7 Å². The molecule has 2 aromatic heterocycles. The first-order valence-electron chi connectivity index (χ1n) is 14.1. The van der Waals surface area contributed by atoms with Crippen molar-refractivity contribution in [3.63, 3.8) is 0 Å². The summed E-state index contributed by atoms with van der Waals surface area (Å²) in [6.45, 7) is 1.79. The van der Waals surface area contributed by atoms with E-state index in [1.165, 1.54) is 38.3 Å². The van der Waals surface area contributed by atoms with Crippen molar-refractivity contribution in [2.75, 3.05) is 20.3 Å². The van der Waals surface area contributed by atoms with Gasteiger partial charge in [-0.1, -0.05) is 0 Å². The molecular formula is C31H31F4N5O5. The maximum atomic E-state index is 14.7. The summed E-state index contributed by atoms with van der Waals surface area (Å²) in [7, 11) is 1.39. The minimum absolute atomic E-state index is 0.0178. The number of nitrogens with zero attached hydrogens (tertiary/aromatic N) is 3. The SMILES string of the molecule is CCOc1c(CC(N)=O)cc([C@@](O)(CNC(=O)c2cc(OC)c3nn(C4CC4)cc3c2)C(F)(F)F)nc1-c1ccc(F)c(C)c1. The van der Waals surface area contributed by atoms with Crippen LogP contribution in [0.4, 0.5) is 17.6 Å². The molecule has 0 unspecified atom stereocenters. The topological polar surface area (TPSA) is 142 Å². The van der Waals surface area contributed by atoms with Gasteiger partial charge in [-0.2, -0.15) is 18.3 Å². The molecule has 10 nitrogen and oxygen atoms in total. The Hall–Kier alpha value is -4.72. The first-order valence-corrected chi connectivity index (χ1v) is 14.1. The second kappa shape index (κ2) is 12.0. The average Bonchev–Trinajstić information content (AvgIpc) is 3.75. The second-order valence-electron chi connectivity index (χ2n) is 10.9. The van der Waals surface area contributed by atoms with Crippen molar-refractivity contribution in [1.82, 2.24) is 20.1 Å². The lowest BCUT2D eigenvalue weighted by molar-refractivity contribution is -0.265.